The van der Waals surface area contributed by atoms with Crippen LogP contribution < -0.4 is 0 Å². The minimum Gasteiger partial charge on any atom is -0.352 e. The second kappa shape index (κ2) is 15.9. The summed E-state index contributed by atoms with van der Waals surface area (Å²) < 4.78 is 56.5. The minimum absolute atomic E-state index is 0.164. The van der Waals surface area contributed by atoms with Crippen LogP contribution in [0.2, 0.25) is 0 Å². The third-order valence-electron chi connectivity index (χ3n) is 8.00. The Morgan fingerprint density at radius 3 is 2.05 bits per heavy atom. The summed E-state index contributed by atoms with van der Waals surface area (Å²) in [4.78, 5) is 0. The molecule has 0 spiro atoms. The predicted molar refractivity (Wildman–Crippen MR) is 161 cm³/mol. The van der Waals surface area contributed by atoms with Crippen LogP contribution >= 0.6 is 0 Å². The molecule has 1 saturated heterocycles. The van der Waals surface area contributed by atoms with E-state index in [2.05, 4.69) is 13.5 Å². The SMILES string of the molecule is C=CCCC1OCC(c2ccc(-c3ccc(-c4ccc(CCCCCCCCCC)c(F)c4F)cc3)cc2F)CO1. The molecule has 1 aliphatic rings. The van der Waals surface area contributed by atoms with Crippen LogP contribution in [0.25, 0.3) is 22.3 Å². The molecule has 0 unspecified atom stereocenters. The van der Waals surface area contributed by atoms with Crippen molar-refractivity contribution in [1.29, 1.82) is 0 Å². The second-order valence-electron chi connectivity index (χ2n) is 11.1. The van der Waals surface area contributed by atoms with Crippen LogP contribution in [0.4, 0.5) is 13.2 Å². The molecule has 1 heterocycles. The number of unbranched alkanes of at least 4 members (excludes halogenated alkanes) is 7. The molecule has 0 amide bonds. The molecule has 0 saturated carbocycles. The van der Waals surface area contributed by atoms with Gasteiger partial charge in [-0.3, -0.25) is 0 Å². The van der Waals surface area contributed by atoms with Gasteiger partial charge in [0.2, 0.25) is 0 Å². The predicted octanol–water partition coefficient (Wildman–Crippen LogP) is 10.5. The van der Waals surface area contributed by atoms with Crippen LogP contribution in [0.15, 0.2) is 67.3 Å². The van der Waals surface area contributed by atoms with Crippen molar-refractivity contribution in [3.8, 4) is 22.3 Å². The number of allylic oxidation sites excluding steroid dienone is 1. The zero-order valence-electron chi connectivity index (χ0n) is 24.3. The zero-order chi connectivity index (χ0) is 29.0. The summed E-state index contributed by atoms with van der Waals surface area (Å²) in [7, 11) is 0. The number of ether oxygens (including phenoxy) is 2. The van der Waals surface area contributed by atoms with Crippen molar-refractivity contribution in [2.45, 2.75) is 89.8 Å². The average Bonchev–Trinajstić information content (AvgIpc) is 3.00. The lowest BCUT2D eigenvalue weighted by molar-refractivity contribution is -0.189. The molecule has 5 heteroatoms. The highest BCUT2D eigenvalue weighted by Crippen LogP contribution is 2.32. The van der Waals surface area contributed by atoms with Crippen LogP contribution in [0, 0.1) is 17.5 Å². The first kappa shape index (κ1) is 31.1. The maximum Gasteiger partial charge on any atom is 0.166 e. The summed E-state index contributed by atoms with van der Waals surface area (Å²) >= 11 is 0. The summed E-state index contributed by atoms with van der Waals surface area (Å²) in [5.74, 6) is -2.04. The molecular formula is C36H43F3O2. The summed E-state index contributed by atoms with van der Waals surface area (Å²) in [6.07, 6.45) is 13.0. The normalized spacial score (nSPS) is 17.1. The van der Waals surface area contributed by atoms with Gasteiger partial charge in [-0.1, -0.05) is 106 Å². The first-order chi connectivity index (χ1) is 20.0. The van der Waals surface area contributed by atoms with Gasteiger partial charge >= 0.3 is 0 Å². The Bertz CT molecular complexity index is 1250. The second-order valence-corrected chi connectivity index (χ2v) is 11.1. The Hall–Kier alpha value is -2.89. The maximum absolute atomic E-state index is 15.1. The van der Waals surface area contributed by atoms with E-state index >= 15 is 8.78 Å². The third-order valence-corrected chi connectivity index (χ3v) is 8.00. The van der Waals surface area contributed by atoms with Gasteiger partial charge in [0.05, 0.1) is 13.2 Å². The van der Waals surface area contributed by atoms with Crippen molar-refractivity contribution < 1.29 is 22.6 Å². The topological polar surface area (TPSA) is 18.5 Å². The van der Waals surface area contributed by atoms with E-state index in [4.69, 9.17) is 9.47 Å². The minimum atomic E-state index is -0.811. The molecule has 3 aromatic carbocycles. The van der Waals surface area contributed by atoms with Gasteiger partial charge < -0.3 is 9.47 Å². The highest BCUT2D eigenvalue weighted by atomic mass is 19.2. The molecule has 0 atom stereocenters. The number of hydrogen-bond donors (Lipinski definition) is 0. The summed E-state index contributed by atoms with van der Waals surface area (Å²) in [6, 6.07) is 15.7. The van der Waals surface area contributed by atoms with Crippen molar-refractivity contribution in [1.82, 2.24) is 0 Å². The van der Waals surface area contributed by atoms with E-state index in [9.17, 15) is 4.39 Å². The van der Waals surface area contributed by atoms with Gasteiger partial charge in [-0.05, 0) is 53.1 Å². The van der Waals surface area contributed by atoms with Gasteiger partial charge in [-0.2, -0.15) is 0 Å². The molecule has 0 aliphatic carbocycles. The number of rotatable bonds is 15. The maximum atomic E-state index is 15.1. The standard InChI is InChI=1S/C36H43F3O2/c1-3-5-7-8-9-10-11-12-13-28-19-22-32(36(39)35(28)38)27-17-15-26(16-18-27)29-20-21-31(33(37)23-29)30-24-40-34(41-25-30)14-6-4-2/h4,15-23,30,34H,2-3,5-14,24-25H2,1H3. The molecular weight excluding hydrogens is 521 g/mol. The number of aryl methyl sites for hydroxylation is 1. The number of benzene rings is 3. The number of hydrogen-bond acceptors (Lipinski definition) is 2. The Morgan fingerprint density at radius 1 is 0.756 bits per heavy atom. The molecule has 2 nitrogen and oxygen atoms in total. The van der Waals surface area contributed by atoms with Gasteiger partial charge in [0.15, 0.2) is 17.9 Å². The third kappa shape index (κ3) is 8.56. The summed E-state index contributed by atoms with van der Waals surface area (Å²) in [5.41, 5.74) is 3.34. The Kier molecular flexibility index (Phi) is 12.1. The fourth-order valence-electron chi connectivity index (χ4n) is 5.48. The lowest BCUT2D eigenvalue weighted by Gasteiger charge is -2.29. The molecule has 3 aromatic rings. The van der Waals surface area contributed by atoms with Crippen molar-refractivity contribution in [2.75, 3.05) is 13.2 Å². The molecule has 0 N–H and O–H groups in total. The quantitative estimate of drug-likeness (QED) is 0.135. The van der Waals surface area contributed by atoms with Crippen LogP contribution in [0.5, 0.6) is 0 Å². The highest BCUT2D eigenvalue weighted by Gasteiger charge is 2.25. The lowest BCUT2D eigenvalue weighted by atomic mass is 9.94. The molecule has 220 valence electrons. The molecule has 0 aromatic heterocycles. The van der Waals surface area contributed by atoms with Crippen LogP contribution in [-0.2, 0) is 15.9 Å². The van der Waals surface area contributed by atoms with Crippen molar-refractivity contribution >= 4 is 0 Å². The van der Waals surface area contributed by atoms with Crippen LogP contribution in [0.3, 0.4) is 0 Å². The first-order valence-corrected chi connectivity index (χ1v) is 15.2. The van der Waals surface area contributed by atoms with Gasteiger partial charge in [0.25, 0.3) is 0 Å². The fourth-order valence-corrected chi connectivity index (χ4v) is 5.48. The van der Waals surface area contributed by atoms with E-state index in [0.717, 1.165) is 37.7 Å². The van der Waals surface area contributed by atoms with E-state index in [-0.39, 0.29) is 23.6 Å². The molecule has 1 fully saturated rings. The van der Waals surface area contributed by atoms with Gasteiger partial charge in [0.1, 0.15) is 5.82 Å². The molecule has 1 aliphatic heterocycles. The van der Waals surface area contributed by atoms with Crippen molar-refractivity contribution in [2.24, 2.45) is 0 Å². The highest BCUT2D eigenvalue weighted by molar-refractivity contribution is 5.71. The van der Waals surface area contributed by atoms with E-state index in [1.807, 2.05) is 24.3 Å². The molecule has 4 rings (SSSR count). The Morgan fingerprint density at radius 2 is 1.39 bits per heavy atom. The van der Waals surface area contributed by atoms with Crippen molar-refractivity contribution in [3.05, 3.63) is 95.8 Å². The summed E-state index contributed by atoms with van der Waals surface area (Å²) in [5, 5.41) is 0. The summed E-state index contributed by atoms with van der Waals surface area (Å²) in [6.45, 7) is 6.74. The van der Waals surface area contributed by atoms with Gasteiger partial charge in [-0.25, -0.2) is 13.2 Å². The average molecular weight is 565 g/mol. The van der Waals surface area contributed by atoms with E-state index in [1.54, 1.807) is 30.3 Å². The van der Waals surface area contributed by atoms with Crippen LogP contribution in [0.1, 0.15) is 88.2 Å². The van der Waals surface area contributed by atoms with E-state index in [0.29, 0.717) is 41.9 Å². The molecule has 0 bridgehead atoms. The Balaban J connectivity index is 1.34. The molecule has 41 heavy (non-hydrogen) atoms. The van der Waals surface area contributed by atoms with Crippen molar-refractivity contribution in [3.63, 3.8) is 0 Å². The monoisotopic (exact) mass is 564 g/mol. The smallest absolute Gasteiger partial charge is 0.166 e. The largest absolute Gasteiger partial charge is 0.352 e. The van der Waals surface area contributed by atoms with Crippen LogP contribution in [-0.4, -0.2) is 19.5 Å². The Labute approximate surface area is 243 Å². The van der Waals surface area contributed by atoms with Gasteiger partial charge in [0, 0.05) is 17.9 Å². The first-order valence-electron chi connectivity index (χ1n) is 15.2. The zero-order valence-corrected chi connectivity index (χ0v) is 24.3. The lowest BCUT2D eigenvalue weighted by Crippen LogP contribution is -2.31. The van der Waals surface area contributed by atoms with Gasteiger partial charge in [-0.15, -0.1) is 6.58 Å². The number of halogens is 3. The van der Waals surface area contributed by atoms with E-state index < -0.39 is 11.6 Å². The fraction of sp³-hybridized carbons (Fsp3) is 0.444. The van der Waals surface area contributed by atoms with E-state index in [1.165, 1.54) is 38.2 Å². The molecule has 0 radical (unpaired) electrons.